The van der Waals surface area contributed by atoms with E-state index in [1.165, 1.54) is 23.1 Å². The van der Waals surface area contributed by atoms with Gasteiger partial charge in [0.1, 0.15) is 5.75 Å². The standard InChI is InChI=1S/C13H16N4O2S2/c1-19-10-5-3-2-4-9(10)8-15-11(18)6-7-20-13-17-16-12(14)21-13/h2-5H,6-8H2,1H3,(H2,14,16)(H,15,18). The van der Waals surface area contributed by atoms with Crippen molar-refractivity contribution in [2.24, 2.45) is 0 Å². The molecule has 1 heterocycles. The van der Waals surface area contributed by atoms with Crippen molar-refractivity contribution in [2.45, 2.75) is 17.3 Å². The lowest BCUT2D eigenvalue weighted by atomic mass is 10.2. The van der Waals surface area contributed by atoms with E-state index in [9.17, 15) is 4.79 Å². The first-order chi connectivity index (χ1) is 10.2. The third-order valence-electron chi connectivity index (χ3n) is 2.65. The first-order valence-electron chi connectivity index (χ1n) is 6.29. The number of para-hydroxylation sites is 1. The summed E-state index contributed by atoms with van der Waals surface area (Å²) in [6.45, 7) is 0.458. The number of ether oxygens (including phenoxy) is 1. The molecule has 112 valence electrons. The van der Waals surface area contributed by atoms with Crippen molar-refractivity contribution in [1.29, 1.82) is 0 Å². The first kappa shape index (κ1) is 15.6. The molecule has 0 atom stereocenters. The number of nitrogens with one attached hydrogen (secondary N) is 1. The maximum atomic E-state index is 11.8. The van der Waals surface area contributed by atoms with Gasteiger partial charge in [-0.1, -0.05) is 41.3 Å². The molecule has 21 heavy (non-hydrogen) atoms. The molecule has 0 aliphatic carbocycles. The predicted octanol–water partition coefficient (Wildman–Crippen LogP) is 1.93. The molecule has 1 aromatic heterocycles. The van der Waals surface area contributed by atoms with Crippen molar-refractivity contribution in [3.05, 3.63) is 29.8 Å². The molecular weight excluding hydrogens is 308 g/mol. The number of nitrogens with zero attached hydrogens (tertiary/aromatic N) is 2. The molecule has 6 nitrogen and oxygen atoms in total. The van der Waals surface area contributed by atoms with Crippen LogP contribution in [-0.4, -0.2) is 29.0 Å². The van der Waals surface area contributed by atoms with E-state index in [1.54, 1.807) is 7.11 Å². The number of amides is 1. The van der Waals surface area contributed by atoms with Crippen LogP contribution in [0.1, 0.15) is 12.0 Å². The summed E-state index contributed by atoms with van der Waals surface area (Å²) in [7, 11) is 1.62. The minimum absolute atomic E-state index is 0.00843. The molecule has 2 rings (SSSR count). The van der Waals surface area contributed by atoms with Crippen molar-refractivity contribution in [2.75, 3.05) is 18.6 Å². The summed E-state index contributed by atoms with van der Waals surface area (Å²) in [5, 5.41) is 10.9. The Morgan fingerprint density at radius 2 is 2.24 bits per heavy atom. The molecule has 0 unspecified atom stereocenters. The van der Waals surface area contributed by atoms with E-state index in [1.807, 2.05) is 24.3 Å². The van der Waals surface area contributed by atoms with E-state index >= 15 is 0 Å². The number of nitrogen functional groups attached to an aromatic ring is 1. The number of anilines is 1. The van der Waals surface area contributed by atoms with E-state index in [0.717, 1.165) is 15.7 Å². The fourth-order valence-electron chi connectivity index (χ4n) is 1.64. The second-order valence-corrected chi connectivity index (χ2v) is 6.44. The summed E-state index contributed by atoms with van der Waals surface area (Å²) in [5.74, 6) is 1.41. The Labute approximate surface area is 131 Å². The number of thioether (sulfide) groups is 1. The third-order valence-corrected chi connectivity index (χ3v) is 4.53. The van der Waals surface area contributed by atoms with Gasteiger partial charge in [0, 0.05) is 24.3 Å². The molecule has 3 N–H and O–H groups in total. The Morgan fingerprint density at radius 1 is 1.43 bits per heavy atom. The van der Waals surface area contributed by atoms with Gasteiger partial charge in [-0.05, 0) is 6.07 Å². The van der Waals surface area contributed by atoms with Gasteiger partial charge in [-0.3, -0.25) is 4.79 Å². The van der Waals surface area contributed by atoms with Crippen molar-refractivity contribution in [1.82, 2.24) is 15.5 Å². The van der Waals surface area contributed by atoms with Gasteiger partial charge in [0.15, 0.2) is 4.34 Å². The molecular formula is C13H16N4O2S2. The van der Waals surface area contributed by atoms with Gasteiger partial charge in [-0.25, -0.2) is 0 Å². The Kier molecular flexibility index (Phi) is 5.82. The zero-order valence-corrected chi connectivity index (χ0v) is 13.2. The molecule has 2 aromatic rings. The van der Waals surface area contributed by atoms with E-state index < -0.39 is 0 Å². The second-order valence-electron chi connectivity index (χ2n) is 4.09. The van der Waals surface area contributed by atoms with Crippen LogP contribution in [0.5, 0.6) is 5.75 Å². The Balaban J connectivity index is 1.72. The molecule has 0 fully saturated rings. The van der Waals surface area contributed by atoms with Gasteiger partial charge in [0.25, 0.3) is 0 Å². The van der Waals surface area contributed by atoms with Gasteiger partial charge in [0.05, 0.1) is 7.11 Å². The lowest BCUT2D eigenvalue weighted by molar-refractivity contribution is -0.120. The van der Waals surface area contributed by atoms with E-state index in [2.05, 4.69) is 15.5 Å². The van der Waals surface area contributed by atoms with Crippen LogP contribution in [0, 0.1) is 0 Å². The van der Waals surface area contributed by atoms with Crippen LogP contribution in [-0.2, 0) is 11.3 Å². The molecule has 0 saturated heterocycles. The van der Waals surface area contributed by atoms with E-state index in [-0.39, 0.29) is 5.91 Å². The fourth-order valence-corrected chi connectivity index (χ4v) is 3.29. The highest BCUT2D eigenvalue weighted by atomic mass is 32.2. The molecule has 1 amide bonds. The summed E-state index contributed by atoms with van der Waals surface area (Å²) in [4.78, 5) is 11.8. The first-order valence-corrected chi connectivity index (χ1v) is 8.09. The molecule has 0 saturated carbocycles. The number of carbonyl (C=O) groups excluding carboxylic acids is 1. The normalized spacial score (nSPS) is 10.3. The zero-order valence-electron chi connectivity index (χ0n) is 11.5. The number of hydrogen-bond acceptors (Lipinski definition) is 7. The third kappa shape index (κ3) is 4.91. The van der Waals surface area contributed by atoms with Crippen molar-refractivity contribution in [3.8, 4) is 5.75 Å². The van der Waals surface area contributed by atoms with Crippen LogP contribution >= 0.6 is 23.1 Å². The summed E-state index contributed by atoms with van der Waals surface area (Å²) in [5.41, 5.74) is 6.45. The molecule has 8 heteroatoms. The minimum atomic E-state index is -0.00843. The quantitative estimate of drug-likeness (QED) is 0.756. The number of benzene rings is 1. The fraction of sp³-hybridized carbons (Fsp3) is 0.308. The SMILES string of the molecule is COc1ccccc1CNC(=O)CCSc1nnc(N)s1. The Bertz CT molecular complexity index is 603. The summed E-state index contributed by atoms with van der Waals surface area (Å²) >= 11 is 2.80. The highest BCUT2D eigenvalue weighted by Crippen LogP contribution is 2.23. The maximum Gasteiger partial charge on any atom is 0.221 e. The maximum absolute atomic E-state index is 11.8. The summed E-state index contributed by atoms with van der Waals surface area (Å²) < 4.78 is 6.02. The van der Waals surface area contributed by atoms with Crippen LogP contribution in [0.3, 0.4) is 0 Å². The van der Waals surface area contributed by atoms with E-state index in [4.69, 9.17) is 10.5 Å². The molecule has 1 aromatic carbocycles. The number of nitrogens with two attached hydrogens (primary N) is 1. The van der Waals surface area contributed by atoms with Gasteiger partial charge in [0.2, 0.25) is 11.0 Å². The van der Waals surface area contributed by atoms with Gasteiger partial charge in [-0.2, -0.15) is 0 Å². The zero-order chi connectivity index (χ0) is 15.1. The molecule has 0 aliphatic rings. The Morgan fingerprint density at radius 3 is 2.95 bits per heavy atom. The average molecular weight is 324 g/mol. The van der Waals surface area contributed by atoms with E-state index in [0.29, 0.717) is 23.8 Å². The number of rotatable bonds is 7. The topological polar surface area (TPSA) is 90.1 Å². The predicted molar refractivity (Wildman–Crippen MR) is 84.5 cm³/mol. The molecule has 0 spiro atoms. The van der Waals surface area contributed by atoms with Gasteiger partial charge >= 0.3 is 0 Å². The van der Waals surface area contributed by atoms with Crippen LogP contribution in [0.2, 0.25) is 0 Å². The van der Waals surface area contributed by atoms with Crippen LogP contribution < -0.4 is 15.8 Å². The summed E-state index contributed by atoms with van der Waals surface area (Å²) in [6, 6.07) is 7.61. The Hall–Kier alpha value is -1.80. The highest BCUT2D eigenvalue weighted by molar-refractivity contribution is 8.01. The lowest BCUT2D eigenvalue weighted by Crippen LogP contribution is -2.23. The van der Waals surface area contributed by atoms with Crippen LogP contribution in [0.15, 0.2) is 28.6 Å². The largest absolute Gasteiger partial charge is 0.496 e. The number of methoxy groups -OCH3 is 1. The number of aromatic nitrogens is 2. The average Bonchev–Trinajstić information content (AvgIpc) is 2.91. The van der Waals surface area contributed by atoms with Gasteiger partial charge < -0.3 is 15.8 Å². The number of hydrogen-bond donors (Lipinski definition) is 2. The molecule has 0 bridgehead atoms. The number of carbonyl (C=O) groups is 1. The smallest absolute Gasteiger partial charge is 0.221 e. The van der Waals surface area contributed by atoms with Crippen molar-refractivity contribution >= 4 is 34.1 Å². The van der Waals surface area contributed by atoms with Crippen molar-refractivity contribution in [3.63, 3.8) is 0 Å². The monoisotopic (exact) mass is 324 g/mol. The second kappa shape index (κ2) is 7.84. The van der Waals surface area contributed by atoms with Gasteiger partial charge in [-0.15, -0.1) is 10.2 Å². The van der Waals surface area contributed by atoms with Crippen LogP contribution in [0.4, 0.5) is 5.13 Å². The van der Waals surface area contributed by atoms with Crippen molar-refractivity contribution < 1.29 is 9.53 Å². The minimum Gasteiger partial charge on any atom is -0.496 e. The molecule has 0 radical (unpaired) electrons. The lowest BCUT2D eigenvalue weighted by Gasteiger charge is -2.09. The van der Waals surface area contributed by atoms with Crippen LogP contribution in [0.25, 0.3) is 0 Å². The highest BCUT2D eigenvalue weighted by Gasteiger charge is 2.07. The summed E-state index contributed by atoms with van der Waals surface area (Å²) in [6.07, 6.45) is 0.416. The molecule has 0 aliphatic heterocycles.